The molecule has 0 spiro atoms. The minimum absolute atomic E-state index is 0.148. The van der Waals surface area contributed by atoms with Gasteiger partial charge in [0.05, 0.1) is 12.5 Å². The van der Waals surface area contributed by atoms with Gasteiger partial charge in [-0.25, -0.2) is 4.98 Å². The van der Waals surface area contributed by atoms with E-state index in [1.807, 2.05) is 24.3 Å². The lowest BCUT2D eigenvalue weighted by Gasteiger charge is -2.29. The van der Waals surface area contributed by atoms with E-state index in [4.69, 9.17) is 0 Å². The van der Waals surface area contributed by atoms with Crippen LogP contribution in [0.5, 0.6) is 0 Å². The van der Waals surface area contributed by atoms with E-state index in [2.05, 4.69) is 20.5 Å². The van der Waals surface area contributed by atoms with E-state index >= 15 is 0 Å². The maximum atomic E-state index is 12.1. The van der Waals surface area contributed by atoms with Crippen molar-refractivity contribution in [1.82, 2.24) is 14.9 Å². The molecule has 21 heavy (non-hydrogen) atoms. The molecule has 1 aromatic heterocycles. The van der Waals surface area contributed by atoms with Crippen LogP contribution in [-0.2, 0) is 7.05 Å². The van der Waals surface area contributed by atoms with Crippen LogP contribution in [0, 0.1) is 0 Å². The fourth-order valence-electron chi connectivity index (χ4n) is 2.45. The maximum absolute atomic E-state index is 12.1. The Balaban J connectivity index is 1.67. The van der Waals surface area contributed by atoms with Crippen LogP contribution in [0.3, 0.4) is 0 Å². The Morgan fingerprint density at radius 3 is 2.57 bits per heavy atom. The molecule has 0 radical (unpaired) electrons. The molecule has 0 bridgehead atoms. The number of aromatic nitrogens is 2. The van der Waals surface area contributed by atoms with Gasteiger partial charge in [0.1, 0.15) is 5.69 Å². The van der Waals surface area contributed by atoms with Crippen LogP contribution in [0.15, 0.2) is 36.8 Å². The third-order valence-corrected chi connectivity index (χ3v) is 3.66. The van der Waals surface area contributed by atoms with Gasteiger partial charge in [0, 0.05) is 44.6 Å². The highest BCUT2D eigenvalue weighted by molar-refractivity contribution is 6.03. The number of nitrogens with zero attached hydrogens (tertiary/aromatic N) is 3. The predicted molar refractivity (Wildman–Crippen MR) is 82.7 cm³/mol. The molecule has 110 valence electrons. The highest BCUT2D eigenvalue weighted by Gasteiger charge is 2.12. The van der Waals surface area contributed by atoms with Crippen molar-refractivity contribution in [3.8, 4) is 0 Å². The first-order valence-electron chi connectivity index (χ1n) is 7.07. The zero-order chi connectivity index (χ0) is 14.7. The normalized spacial score (nSPS) is 15.0. The number of aryl methyl sites for hydroxylation is 1. The summed E-state index contributed by atoms with van der Waals surface area (Å²) >= 11 is 0. The Morgan fingerprint density at radius 2 is 1.95 bits per heavy atom. The predicted octanol–water partition coefficient (Wildman–Crippen LogP) is 1.08. The Hall–Kier alpha value is -2.34. The number of benzene rings is 1. The smallest absolute Gasteiger partial charge is 0.273 e. The standard InChI is InChI=1S/C15H19N5O/c1-19-11-17-10-14(19)15(21)18-12-2-4-13(5-3-12)20-8-6-16-7-9-20/h2-5,10-11,16H,6-9H2,1H3,(H,18,21). The summed E-state index contributed by atoms with van der Waals surface area (Å²) in [5, 5.41) is 6.22. The summed E-state index contributed by atoms with van der Waals surface area (Å²) in [6.45, 7) is 4.05. The fourth-order valence-corrected chi connectivity index (χ4v) is 2.45. The molecular weight excluding hydrogens is 266 g/mol. The first kappa shape index (κ1) is 13.6. The van der Waals surface area contributed by atoms with Crippen LogP contribution in [0.4, 0.5) is 11.4 Å². The second-order valence-electron chi connectivity index (χ2n) is 5.13. The molecule has 0 atom stereocenters. The minimum Gasteiger partial charge on any atom is -0.369 e. The molecule has 1 fully saturated rings. The van der Waals surface area contributed by atoms with Crippen molar-refractivity contribution in [3.05, 3.63) is 42.5 Å². The van der Waals surface area contributed by atoms with Gasteiger partial charge in [-0.15, -0.1) is 0 Å². The van der Waals surface area contributed by atoms with E-state index in [0.29, 0.717) is 5.69 Å². The Morgan fingerprint density at radius 1 is 1.24 bits per heavy atom. The van der Waals surface area contributed by atoms with Crippen molar-refractivity contribution in [2.45, 2.75) is 0 Å². The second-order valence-corrected chi connectivity index (χ2v) is 5.13. The Labute approximate surface area is 123 Å². The topological polar surface area (TPSA) is 62.2 Å². The van der Waals surface area contributed by atoms with Gasteiger partial charge in [0.25, 0.3) is 5.91 Å². The van der Waals surface area contributed by atoms with Crippen LogP contribution < -0.4 is 15.5 Å². The van der Waals surface area contributed by atoms with Crippen LogP contribution in [0.25, 0.3) is 0 Å². The van der Waals surface area contributed by atoms with Crippen LogP contribution in [0.2, 0.25) is 0 Å². The Bertz CT molecular complexity index is 613. The van der Waals surface area contributed by atoms with E-state index in [1.165, 1.54) is 5.69 Å². The largest absolute Gasteiger partial charge is 0.369 e. The summed E-state index contributed by atoms with van der Waals surface area (Å²) in [6.07, 6.45) is 3.17. The molecule has 0 unspecified atom stereocenters. The van der Waals surface area contributed by atoms with E-state index in [-0.39, 0.29) is 5.91 Å². The zero-order valence-electron chi connectivity index (χ0n) is 12.0. The van der Waals surface area contributed by atoms with Gasteiger partial charge in [0.2, 0.25) is 0 Å². The Kier molecular flexibility index (Phi) is 3.87. The molecule has 6 nitrogen and oxygen atoms in total. The summed E-state index contributed by atoms with van der Waals surface area (Å²) in [7, 11) is 1.80. The molecule has 2 heterocycles. The zero-order valence-corrected chi connectivity index (χ0v) is 12.0. The van der Waals surface area contributed by atoms with Gasteiger partial charge in [-0.05, 0) is 24.3 Å². The number of anilines is 2. The highest BCUT2D eigenvalue weighted by atomic mass is 16.1. The number of hydrogen-bond donors (Lipinski definition) is 2. The molecule has 0 saturated carbocycles. The monoisotopic (exact) mass is 285 g/mol. The molecule has 6 heteroatoms. The first-order chi connectivity index (χ1) is 10.2. The van der Waals surface area contributed by atoms with Gasteiger partial charge in [-0.2, -0.15) is 0 Å². The molecular formula is C15H19N5O. The molecule has 1 saturated heterocycles. The quantitative estimate of drug-likeness (QED) is 0.886. The first-order valence-corrected chi connectivity index (χ1v) is 7.07. The lowest BCUT2D eigenvalue weighted by Crippen LogP contribution is -2.43. The number of imidazole rings is 1. The number of hydrogen-bond acceptors (Lipinski definition) is 4. The van der Waals surface area contributed by atoms with E-state index < -0.39 is 0 Å². The number of nitrogens with one attached hydrogen (secondary N) is 2. The summed E-state index contributed by atoms with van der Waals surface area (Å²) in [5.74, 6) is -0.148. The third kappa shape index (κ3) is 3.05. The maximum Gasteiger partial charge on any atom is 0.273 e. The molecule has 1 aliphatic heterocycles. The van der Waals surface area contributed by atoms with Crippen molar-refractivity contribution in [2.24, 2.45) is 7.05 Å². The molecule has 3 rings (SSSR count). The van der Waals surface area contributed by atoms with Crippen molar-refractivity contribution >= 4 is 17.3 Å². The van der Waals surface area contributed by atoms with Crippen LogP contribution in [0.1, 0.15) is 10.5 Å². The summed E-state index contributed by atoms with van der Waals surface area (Å²) < 4.78 is 1.70. The van der Waals surface area contributed by atoms with Crippen molar-refractivity contribution in [2.75, 3.05) is 36.4 Å². The second kappa shape index (κ2) is 5.97. The number of piperazine rings is 1. The van der Waals surface area contributed by atoms with Crippen molar-refractivity contribution in [1.29, 1.82) is 0 Å². The average molecular weight is 285 g/mol. The lowest BCUT2D eigenvalue weighted by atomic mass is 10.2. The summed E-state index contributed by atoms with van der Waals surface area (Å²) in [4.78, 5) is 18.4. The minimum atomic E-state index is -0.148. The number of rotatable bonds is 3. The van der Waals surface area contributed by atoms with E-state index in [9.17, 15) is 4.79 Å². The molecule has 2 aromatic rings. The van der Waals surface area contributed by atoms with Crippen molar-refractivity contribution < 1.29 is 4.79 Å². The van der Waals surface area contributed by atoms with Gasteiger partial charge in [-0.1, -0.05) is 0 Å². The lowest BCUT2D eigenvalue weighted by molar-refractivity contribution is 0.101. The van der Waals surface area contributed by atoms with Crippen molar-refractivity contribution in [3.63, 3.8) is 0 Å². The third-order valence-electron chi connectivity index (χ3n) is 3.66. The van der Waals surface area contributed by atoms with Gasteiger partial charge in [-0.3, -0.25) is 4.79 Å². The van der Waals surface area contributed by atoms with Crippen LogP contribution >= 0.6 is 0 Å². The number of carbonyl (C=O) groups is 1. The molecule has 2 N–H and O–H groups in total. The highest BCUT2D eigenvalue weighted by Crippen LogP contribution is 2.18. The van der Waals surface area contributed by atoms with E-state index in [0.717, 1.165) is 31.9 Å². The van der Waals surface area contributed by atoms with Crippen LogP contribution in [-0.4, -0.2) is 41.6 Å². The molecule has 1 aromatic carbocycles. The van der Waals surface area contributed by atoms with E-state index in [1.54, 1.807) is 24.1 Å². The van der Waals surface area contributed by atoms with Gasteiger partial charge in [0.15, 0.2) is 0 Å². The summed E-state index contributed by atoms with van der Waals surface area (Å²) in [5.41, 5.74) is 2.52. The average Bonchev–Trinajstić information content (AvgIpc) is 2.95. The number of amides is 1. The number of carbonyl (C=O) groups excluding carboxylic acids is 1. The molecule has 1 aliphatic rings. The molecule has 0 aliphatic carbocycles. The SMILES string of the molecule is Cn1cncc1C(=O)Nc1ccc(N2CCNCC2)cc1. The fraction of sp³-hybridized carbons (Fsp3) is 0.333. The molecule has 1 amide bonds. The van der Waals surface area contributed by atoms with Gasteiger partial charge < -0.3 is 20.1 Å². The summed E-state index contributed by atoms with van der Waals surface area (Å²) in [6, 6.07) is 7.96. The van der Waals surface area contributed by atoms with Gasteiger partial charge >= 0.3 is 0 Å².